The van der Waals surface area contributed by atoms with Crippen LogP contribution in [0.4, 0.5) is 0 Å². The van der Waals surface area contributed by atoms with Crippen LogP contribution in [0.25, 0.3) is 11.0 Å². The van der Waals surface area contributed by atoms with Gasteiger partial charge in [-0.3, -0.25) is 0 Å². The Morgan fingerprint density at radius 3 is 2.83 bits per heavy atom. The van der Waals surface area contributed by atoms with E-state index >= 15 is 0 Å². The molecule has 0 aliphatic rings. The van der Waals surface area contributed by atoms with Crippen LogP contribution in [0, 0.1) is 6.92 Å². The maximum absolute atomic E-state index is 6.10. The van der Waals surface area contributed by atoms with Gasteiger partial charge in [-0.1, -0.05) is 29.8 Å². The van der Waals surface area contributed by atoms with Crippen LogP contribution in [0.15, 0.2) is 42.6 Å². The van der Waals surface area contributed by atoms with Crippen molar-refractivity contribution in [2.24, 2.45) is 0 Å². The molecule has 3 aromatic rings. The molecule has 1 aromatic carbocycles. The number of benzene rings is 1. The van der Waals surface area contributed by atoms with Gasteiger partial charge in [0.25, 0.3) is 0 Å². The highest BCUT2D eigenvalue weighted by Gasteiger charge is 2.08. The third kappa shape index (κ3) is 1.87. The number of fused-ring (bicyclic) bond motifs is 1. The van der Waals surface area contributed by atoms with Crippen molar-refractivity contribution in [2.75, 3.05) is 0 Å². The van der Waals surface area contributed by atoms with E-state index in [1.165, 1.54) is 0 Å². The molecule has 0 bridgehead atoms. The van der Waals surface area contributed by atoms with Crippen molar-refractivity contribution < 1.29 is 0 Å². The van der Waals surface area contributed by atoms with Crippen molar-refractivity contribution in [3.05, 3.63) is 59.1 Å². The molecule has 3 rings (SSSR count). The quantitative estimate of drug-likeness (QED) is 0.659. The van der Waals surface area contributed by atoms with Gasteiger partial charge in [0.15, 0.2) is 0 Å². The van der Waals surface area contributed by atoms with E-state index in [1.54, 1.807) is 6.20 Å². The van der Waals surface area contributed by atoms with Crippen LogP contribution in [0.1, 0.15) is 11.4 Å². The molecule has 0 unspecified atom stereocenters. The molecule has 18 heavy (non-hydrogen) atoms. The third-order valence-electron chi connectivity index (χ3n) is 3.01. The number of imidazole rings is 1. The second-order valence-corrected chi connectivity index (χ2v) is 4.55. The fourth-order valence-corrected chi connectivity index (χ4v) is 2.28. The van der Waals surface area contributed by atoms with E-state index in [4.69, 9.17) is 11.6 Å². The van der Waals surface area contributed by atoms with Crippen molar-refractivity contribution in [3.8, 4) is 0 Å². The van der Waals surface area contributed by atoms with Crippen LogP contribution in [-0.4, -0.2) is 14.5 Å². The molecule has 0 aliphatic carbocycles. The largest absolute Gasteiger partial charge is 0.324 e. The number of pyridine rings is 1. The van der Waals surface area contributed by atoms with E-state index in [9.17, 15) is 0 Å². The van der Waals surface area contributed by atoms with Crippen molar-refractivity contribution in [1.82, 2.24) is 14.5 Å². The SMILES string of the molecule is Cc1nc2ccccc2n1Cc1cccnc1Cl. The highest BCUT2D eigenvalue weighted by atomic mass is 35.5. The number of hydrogen-bond donors (Lipinski definition) is 0. The lowest BCUT2D eigenvalue weighted by Crippen LogP contribution is -2.03. The van der Waals surface area contributed by atoms with E-state index < -0.39 is 0 Å². The Hall–Kier alpha value is -1.87. The first-order valence-corrected chi connectivity index (χ1v) is 6.15. The fourth-order valence-electron chi connectivity index (χ4n) is 2.10. The summed E-state index contributed by atoms with van der Waals surface area (Å²) in [5.74, 6) is 0.983. The number of rotatable bonds is 2. The Morgan fingerprint density at radius 1 is 1.17 bits per heavy atom. The summed E-state index contributed by atoms with van der Waals surface area (Å²) in [6, 6.07) is 12.0. The zero-order valence-corrected chi connectivity index (χ0v) is 10.7. The van der Waals surface area contributed by atoms with Gasteiger partial charge in [-0.05, 0) is 25.1 Å². The number of halogens is 1. The first-order valence-electron chi connectivity index (χ1n) is 5.77. The van der Waals surface area contributed by atoms with Crippen molar-refractivity contribution in [1.29, 1.82) is 0 Å². The van der Waals surface area contributed by atoms with Gasteiger partial charge < -0.3 is 4.57 Å². The average molecular weight is 258 g/mol. The van der Waals surface area contributed by atoms with E-state index in [-0.39, 0.29) is 0 Å². The number of para-hydroxylation sites is 2. The first kappa shape index (κ1) is 11.2. The molecule has 3 nitrogen and oxygen atoms in total. The van der Waals surface area contributed by atoms with Crippen LogP contribution in [-0.2, 0) is 6.54 Å². The summed E-state index contributed by atoms with van der Waals surface area (Å²) in [4.78, 5) is 8.64. The summed E-state index contributed by atoms with van der Waals surface area (Å²) in [5.41, 5.74) is 3.13. The number of aromatic nitrogens is 3. The third-order valence-corrected chi connectivity index (χ3v) is 3.35. The van der Waals surface area contributed by atoms with Crippen LogP contribution >= 0.6 is 11.6 Å². The van der Waals surface area contributed by atoms with Gasteiger partial charge in [-0.2, -0.15) is 0 Å². The summed E-state index contributed by atoms with van der Waals surface area (Å²) in [7, 11) is 0. The zero-order valence-electron chi connectivity index (χ0n) is 9.97. The molecule has 0 atom stereocenters. The molecule has 0 amide bonds. The van der Waals surface area contributed by atoms with Gasteiger partial charge in [0.2, 0.25) is 0 Å². The van der Waals surface area contributed by atoms with Crippen LogP contribution in [0.2, 0.25) is 5.15 Å². The molecule has 0 saturated heterocycles. The molecule has 0 N–H and O–H groups in total. The molecule has 2 aromatic heterocycles. The predicted molar refractivity (Wildman–Crippen MR) is 72.8 cm³/mol. The van der Waals surface area contributed by atoms with Crippen molar-refractivity contribution in [2.45, 2.75) is 13.5 Å². The van der Waals surface area contributed by atoms with Gasteiger partial charge in [0.05, 0.1) is 17.6 Å². The Kier molecular flexibility index (Phi) is 2.76. The Bertz CT molecular complexity index is 703. The van der Waals surface area contributed by atoms with E-state index in [0.717, 1.165) is 22.4 Å². The summed E-state index contributed by atoms with van der Waals surface area (Å²) in [6.07, 6.45) is 1.70. The molecule has 4 heteroatoms. The second-order valence-electron chi connectivity index (χ2n) is 4.19. The number of aryl methyl sites for hydroxylation is 1. The summed E-state index contributed by atoms with van der Waals surface area (Å²) in [6.45, 7) is 2.70. The Morgan fingerprint density at radius 2 is 2.00 bits per heavy atom. The summed E-state index contributed by atoms with van der Waals surface area (Å²) < 4.78 is 2.15. The standard InChI is InChI=1S/C14H12ClN3/c1-10-17-12-6-2-3-7-13(12)18(10)9-11-5-4-8-16-14(11)15/h2-8H,9H2,1H3. The van der Waals surface area contributed by atoms with E-state index in [0.29, 0.717) is 11.7 Å². The summed E-state index contributed by atoms with van der Waals surface area (Å²) >= 11 is 6.10. The van der Waals surface area contributed by atoms with Gasteiger partial charge in [0.1, 0.15) is 11.0 Å². The van der Waals surface area contributed by atoms with Gasteiger partial charge in [-0.25, -0.2) is 9.97 Å². The fraction of sp³-hybridized carbons (Fsp3) is 0.143. The van der Waals surface area contributed by atoms with Crippen LogP contribution in [0.3, 0.4) is 0 Å². The molecule has 0 spiro atoms. The molecule has 0 fully saturated rings. The molecular weight excluding hydrogens is 246 g/mol. The second kappa shape index (κ2) is 4.42. The highest BCUT2D eigenvalue weighted by Crippen LogP contribution is 2.19. The minimum atomic E-state index is 0.551. The lowest BCUT2D eigenvalue weighted by atomic mass is 10.2. The minimum absolute atomic E-state index is 0.551. The van der Waals surface area contributed by atoms with Crippen molar-refractivity contribution in [3.63, 3.8) is 0 Å². The van der Waals surface area contributed by atoms with Gasteiger partial charge in [0, 0.05) is 11.8 Å². The molecular formula is C14H12ClN3. The maximum Gasteiger partial charge on any atom is 0.133 e. The highest BCUT2D eigenvalue weighted by molar-refractivity contribution is 6.30. The smallest absolute Gasteiger partial charge is 0.133 e. The molecule has 90 valence electrons. The van der Waals surface area contributed by atoms with E-state index in [2.05, 4.69) is 20.6 Å². The monoisotopic (exact) mass is 257 g/mol. The lowest BCUT2D eigenvalue weighted by Gasteiger charge is -2.07. The molecule has 0 saturated carbocycles. The topological polar surface area (TPSA) is 30.7 Å². The van der Waals surface area contributed by atoms with Gasteiger partial charge in [-0.15, -0.1) is 0 Å². The maximum atomic E-state index is 6.10. The zero-order chi connectivity index (χ0) is 12.5. The van der Waals surface area contributed by atoms with Crippen LogP contribution in [0.5, 0.6) is 0 Å². The predicted octanol–water partition coefficient (Wildman–Crippen LogP) is 3.44. The Balaban J connectivity index is 2.10. The normalized spacial score (nSPS) is 11.0. The van der Waals surface area contributed by atoms with Gasteiger partial charge >= 0.3 is 0 Å². The number of nitrogens with zero attached hydrogens (tertiary/aromatic N) is 3. The van der Waals surface area contributed by atoms with Crippen molar-refractivity contribution >= 4 is 22.6 Å². The van der Waals surface area contributed by atoms with Crippen LogP contribution < -0.4 is 0 Å². The lowest BCUT2D eigenvalue weighted by molar-refractivity contribution is 0.783. The minimum Gasteiger partial charge on any atom is -0.324 e. The number of hydrogen-bond acceptors (Lipinski definition) is 2. The first-order chi connectivity index (χ1) is 8.75. The molecule has 0 aliphatic heterocycles. The molecule has 0 radical (unpaired) electrons. The molecule has 2 heterocycles. The average Bonchev–Trinajstić information content (AvgIpc) is 2.69. The summed E-state index contributed by atoms with van der Waals surface area (Å²) in [5, 5.41) is 0.551. The van der Waals surface area contributed by atoms with E-state index in [1.807, 2.05) is 37.3 Å². The Labute approximate surface area is 110 Å².